The highest BCUT2D eigenvalue weighted by atomic mass is 32.2. The van der Waals surface area contributed by atoms with Crippen LogP contribution >= 0.6 is 0 Å². The Balaban J connectivity index is 2.02. The second-order valence-electron chi connectivity index (χ2n) is 5.58. The molecular weight excluding hydrogens is 369 g/mol. The summed E-state index contributed by atoms with van der Waals surface area (Å²) in [4.78, 5) is 11.4. The van der Waals surface area contributed by atoms with E-state index in [0.29, 0.717) is 23.0 Å². The summed E-state index contributed by atoms with van der Waals surface area (Å²) < 4.78 is 66.5. The first-order valence-corrected chi connectivity index (χ1v) is 8.89. The second kappa shape index (κ2) is 6.17. The van der Waals surface area contributed by atoms with Crippen molar-refractivity contribution in [1.82, 2.24) is 4.57 Å². The number of anilines is 1. The minimum absolute atomic E-state index is 0.155. The van der Waals surface area contributed by atoms with Crippen LogP contribution in [0.4, 0.5) is 18.9 Å². The molecule has 0 unspecified atom stereocenters. The monoisotopic (exact) mass is 382 g/mol. The number of fused-ring (bicyclic) bond motifs is 1. The molecule has 0 aliphatic heterocycles. The zero-order valence-electron chi connectivity index (χ0n) is 13.4. The third-order valence-electron chi connectivity index (χ3n) is 3.79. The van der Waals surface area contributed by atoms with E-state index in [1.165, 1.54) is 23.8 Å². The number of benzene rings is 2. The Morgan fingerprint density at radius 3 is 2.27 bits per heavy atom. The van der Waals surface area contributed by atoms with Crippen LogP contribution in [0.1, 0.15) is 17.3 Å². The lowest BCUT2D eigenvalue weighted by atomic mass is 10.2. The van der Waals surface area contributed by atoms with E-state index < -0.39 is 21.8 Å². The molecule has 0 aliphatic carbocycles. The summed E-state index contributed by atoms with van der Waals surface area (Å²) >= 11 is 0. The van der Waals surface area contributed by atoms with Crippen LogP contribution in [0.3, 0.4) is 0 Å². The van der Waals surface area contributed by atoms with Crippen LogP contribution in [0.5, 0.6) is 0 Å². The van der Waals surface area contributed by atoms with Crippen LogP contribution in [0.25, 0.3) is 10.9 Å². The van der Waals surface area contributed by atoms with Crippen LogP contribution in [-0.2, 0) is 16.2 Å². The summed E-state index contributed by atoms with van der Waals surface area (Å²) in [5.41, 5.74) is -0.415. The minimum atomic E-state index is -4.55. The molecule has 9 heteroatoms. The minimum Gasteiger partial charge on any atom is -0.285 e. The van der Waals surface area contributed by atoms with Crippen molar-refractivity contribution in [2.45, 2.75) is 18.0 Å². The Morgan fingerprint density at radius 2 is 1.69 bits per heavy atom. The van der Waals surface area contributed by atoms with Crippen molar-refractivity contribution in [3.8, 4) is 0 Å². The van der Waals surface area contributed by atoms with Crippen molar-refractivity contribution in [2.75, 3.05) is 4.72 Å². The number of carbonyl (C=O) groups is 1. The van der Waals surface area contributed by atoms with E-state index in [9.17, 15) is 26.4 Å². The lowest BCUT2D eigenvalue weighted by Crippen LogP contribution is -2.15. The van der Waals surface area contributed by atoms with Gasteiger partial charge < -0.3 is 0 Å². The van der Waals surface area contributed by atoms with E-state index >= 15 is 0 Å². The third kappa shape index (κ3) is 3.30. The predicted molar refractivity (Wildman–Crippen MR) is 90.5 cm³/mol. The van der Waals surface area contributed by atoms with E-state index in [1.54, 1.807) is 18.2 Å². The van der Waals surface area contributed by atoms with Gasteiger partial charge in [0.05, 0.1) is 21.7 Å². The molecule has 0 radical (unpaired) electrons. The van der Waals surface area contributed by atoms with Crippen molar-refractivity contribution in [3.05, 3.63) is 60.3 Å². The fourth-order valence-electron chi connectivity index (χ4n) is 2.57. The average molecular weight is 382 g/mol. The molecule has 1 aromatic heterocycles. The van der Waals surface area contributed by atoms with Crippen molar-refractivity contribution in [2.24, 2.45) is 0 Å². The molecular formula is C17H13F3N2O3S. The maximum absolute atomic E-state index is 12.6. The number of sulfonamides is 1. The fourth-order valence-corrected chi connectivity index (χ4v) is 3.63. The molecule has 5 nitrogen and oxygen atoms in total. The number of hydrogen-bond donors (Lipinski definition) is 1. The zero-order chi connectivity index (χ0) is 19.1. The van der Waals surface area contributed by atoms with Gasteiger partial charge in [-0.2, -0.15) is 13.2 Å². The highest BCUT2D eigenvalue weighted by molar-refractivity contribution is 7.92. The number of nitrogens with one attached hydrogen (secondary N) is 1. The van der Waals surface area contributed by atoms with Crippen molar-refractivity contribution >= 4 is 32.5 Å². The summed E-state index contributed by atoms with van der Waals surface area (Å²) in [6.45, 7) is 1.33. The van der Waals surface area contributed by atoms with Gasteiger partial charge in [-0.25, -0.2) is 8.42 Å². The SMILES string of the molecule is CC(=O)n1ccc2cccc(NS(=O)(=O)c3ccc(C(F)(F)F)cc3)c21. The van der Waals surface area contributed by atoms with Gasteiger partial charge in [0.2, 0.25) is 5.91 Å². The van der Waals surface area contributed by atoms with E-state index in [2.05, 4.69) is 4.72 Å². The first kappa shape index (κ1) is 18.0. The quantitative estimate of drug-likeness (QED) is 0.741. The van der Waals surface area contributed by atoms with E-state index in [-0.39, 0.29) is 16.5 Å². The molecule has 3 rings (SSSR count). The first-order valence-electron chi connectivity index (χ1n) is 7.41. The standard InChI is InChI=1S/C17H13F3N2O3S/c1-11(23)22-10-9-12-3-2-4-15(16(12)22)21-26(24,25)14-7-5-13(6-8-14)17(18,19)20/h2-10,21H,1H3. The molecule has 0 atom stereocenters. The average Bonchev–Trinajstić information content (AvgIpc) is 2.99. The molecule has 0 bridgehead atoms. The number of hydrogen-bond acceptors (Lipinski definition) is 3. The van der Waals surface area contributed by atoms with Crippen LogP contribution in [0.2, 0.25) is 0 Å². The molecule has 2 aromatic carbocycles. The predicted octanol–water partition coefficient (Wildman–Crippen LogP) is 4.12. The van der Waals surface area contributed by atoms with Gasteiger partial charge in [0.25, 0.3) is 10.0 Å². The molecule has 0 aliphatic rings. The van der Waals surface area contributed by atoms with Gasteiger partial charge in [0.1, 0.15) is 0 Å². The molecule has 3 aromatic rings. The molecule has 0 amide bonds. The highest BCUT2D eigenvalue weighted by Crippen LogP contribution is 2.31. The maximum Gasteiger partial charge on any atom is 0.416 e. The summed E-state index contributed by atoms with van der Waals surface area (Å²) in [5.74, 6) is -0.304. The lowest BCUT2D eigenvalue weighted by Gasteiger charge is -2.12. The number of aromatic nitrogens is 1. The van der Waals surface area contributed by atoms with Gasteiger partial charge in [0, 0.05) is 18.5 Å². The second-order valence-corrected chi connectivity index (χ2v) is 7.26. The Kier molecular flexibility index (Phi) is 4.27. The number of carbonyl (C=O) groups excluding carboxylic acids is 1. The number of halogens is 3. The normalized spacial score (nSPS) is 12.3. The van der Waals surface area contributed by atoms with Crippen LogP contribution in [-0.4, -0.2) is 18.9 Å². The largest absolute Gasteiger partial charge is 0.416 e. The molecule has 0 fully saturated rings. The van der Waals surface area contributed by atoms with Gasteiger partial charge in [0.15, 0.2) is 0 Å². The third-order valence-corrected chi connectivity index (χ3v) is 5.17. The van der Waals surface area contributed by atoms with Crippen LogP contribution < -0.4 is 4.72 Å². The van der Waals surface area contributed by atoms with Crippen molar-refractivity contribution in [3.63, 3.8) is 0 Å². The molecule has 1 N–H and O–H groups in total. The molecule has 0 saturated heterocycles. The molecule has 1 heterocycles. The van der Waals surface area contributed by atoms with Gasteiger partial charge in [-0.05, 0) is 36.4 Å². The van der Waals surface area contributed by atoms with E-state index in [4.69, 9.17) is 0 Å². The molecule has 0 spiro atoms. The Labute approximate surface area is 147 Å². The number of alkyl halides is 3. The first-order chi connectivity index (χ1) is 12.1. The Hall–Kier alpha value is -2.81. The van der Waals surface area contributed by atoms with Crippen LogP contribution in [0.15, 0.2) is 59.6 Å². The van der Waals surface area contributed by atoms with Crippen LogP contribution in [0, 0.1) is 0 Å². The summed E-state index contributed by atoms with van der Waals surface area (Å²) in [7, 11) is -4.13. The summed E-state index contributed by atoms with van der Waals surface area (Å²) in [5, 5.41) is 0.646. The Morgan fingerprint density at radius 1 is 1.04 bits per heavy atom. The van der Waals surface area contributed by atoms with Gasteiger partial charge in [-0.15, -0.1) is 0 Å². The van der Waals surface area contributed by atoms with Gasteiger partial charge in [-0.1, -0.05) is 12.1 Å². The number of para-hydroxylation sites is 1. The van der Waals surface area contributed by atoms with Gasteiger partial charge >= 0.3 is 6.18 Å². The maximum atomic E-state index is 12.6. The summed E-state index contributed by atoms with van der Waals surface area (Å²) in [6, 6.07) is 9.63. The molecule has 0 saturated carbocycles. The topological polar surface area (TPSA) is 68.2 Å². The van der Waals surface area contributed by atoms with Gasteiger partial charge in [-0.3, -0.25) is 14.1 Å². The smallest absolute Gasteiger partial charge is 0.285 e. The number of nitrogens with zero attached hydrogens (tertiary/aromatic N) is 1. The van der Waals surface area contributed by atoms with Crippen molar-refractivity contribution < 1.29 is 26.4 Å². The van der Waals surface area contributed by atoms with E-state index in [0.717, 1.165) is 12.1 Å². The molecule has 26 heavy (non-hydrogen) atoms. The lowest BCUT2D eigenvalue weighted by molar-refractivity contribution is -0.137. The highest BCUT2D eigenvalue weighted by Gasteiger charge is 2.30. The Bertz CT molecular complexity index is 1080. The van der Waals surface area contributed by atoms with Crippen molar-refractivity contribution in [1.29, 1.82) is 0 Å². The number of rotatable bonds is 3. The zero-order valence-corrected chi connectivity index (χ0v) is 14.2. The van der Waals surface area contributed by atoms with E-state index in [1.807, 2.05) is 0 Å². The molecule has 136 valence electrons. The summed E-state index contributed by atoms with van der Waals surface area (Å²) in [6.07, 6.45) is -3.04. The fraction of sp³-hybridized carbons (Fsp3) is 0.118.